The van der Waals surface area contributed by atoms with Crippen LogP contribution in [0.3, 0.4) is 0 Å². The standard InChI is InChI=1S/C18H19F2NO/c1-21-11-9-13(10-12-21)14-5-4-7-16(20)18(14)22-17-8-3-2-6-15(17)19/h2-8,13H,9-12H2,1H3. The highest BCUT2D eigenvalue weighted by molar-refractivity contribution is 5.41. The first kappa shape index (κ1) is 15.0. The van der Waals surface area contributed by atoms with E-state index in [2.05, 4.69) is 11.9 Å². The molecule has 1 aliphatic rings. The minimum Gasteiger partial charge on any atom is -0.451 e. The van der Waals surface area contributed by atoms with Crippen LogP contribution in [-0.4, -0.2) is 25.0 Å². The minimum atomic E-state index is -0.486. The zero-order chi connectivity index (χ0) is 15.5. The van der Waals surface area contributed by atoms with E-state index in [0.29, 0.717) is 0 Å². The zero-order valence-electron chi connectivity index (χ0n) is 12.6. The first-order chi connectivity index (χ1) is 10.6. The second-order valence-corrected chi connectivity index (χ2v) is 5.77. The molecule has 2 aromatic rings. The van der Waals surface area contributed by atoms with Crippen LogP contribution < -0.4 is 4.74 Å². The molecule has 1 aliphatic heterocycles. The van der Waals surface area contributed by atoms with Crippen molar-refractivity contribution in [3.8, 4) is 11.5 Å². The number of ether oxygens (including phenoxy) is 1. The summed E-state index contributed by atoms with van der Waals surface area (Å²) in [4.78, 5) is 2.26. The predicted octanol–water partition coefficient (Wildman–Crippen LogP) is 4.57. The van der Waals surface area contributed by atoms with Crippen molar-refractivity contribution in [1.82, 2.24) is 4.90 Å². The second kappa shape index (κ2) is 6.44. The third kappa shape index (κ3) is 3.12. The molecule has 3 rings (SSSR count). The summed E-state index contributed by atoms with van der Waals surface area (Å²) in [7, 11) is 2.08. The lowest BCUT2D eigenvalue weighted by atomic mass is 9.89. The molecule has 2 nitrogen and oxygen atoms in total. The van der Waals surface area contributed by atoms with Crippen molar-refractivity contribution in [3.63, 3.8) is 0 Å². The van der Waals surface area contributed by atoms with Gasteiger partial charge in [0.1, 0.15) is 0 Å². The van der Waals surface area contributed by atoms with Gasteiger partial charge in [0.05, 0.1) is 0 Å². The van der Waals surface area contributed by atoms with Gasteiger partial charge in [-0.3, -0.25) is 0 Å². The van der Waals surface area contributed by atoms with Crippen molar-refractivity contribution in [2.45, 2.75) is 18.8 Å². The molecule has 0 radical (unpaired) electrons. The molecule has 0 spiro atoms. The third-order valence-corrected chi connectivity index (χ3v) is 4.20. The molecule has 0 bridgehead atoms. The number of hydrogen-bond acceptors (Lipinski definition) is 2. The average Bonchev–Trinajstić information content (AvgIpc) is 2.52. The first-order valence-corrected chi connectivity index (χ1v) is 7.54. The fourth-order valence-corrected chi connectivity index (χ4v) is 2.91. The Morgan fingerprint density at radius 3 is 2.36 bits per heavy atom. The summed E-state index contributed by atoms with van der Waals surface area (Å²) in [6.07, 6.45) is 1.90. The van der Waals surface area contributed by atoms with Crippen LogP contribution >= 0.6 is 0 Å². The fourth-order valence-electron chi connectivity index (χ4n) is 2.91. The van der Waals surface area contributed by atoms with Gasteiger partial charge in [-0.1, -0.05) is 24.3 Å². The molecular formula is C18H19F2NO. The van der Waals surface area contributed by atoms with Gasteiger partial charge in [-0.25, -0.2) is 8.78 Å². The van der Waals surface area contributed by atoms with Gasteiger partial charge in [-0.15, -0.1) is 0 Å². The van der Waals surface area contributed by atoms with Gasteiger partial charge in [-0.05, 0) is 57.1 Å². The molecule has 0 amide bonds. The highest BCUT2D eigenvalue weighted by Crippen LogP contribution is 2.38. The Labute approximate surface area is 129 Å². The van der Waals surface area contributed by atoms with E-state index in [-0.39, 0.29) is 17.4 Å². The lowest BCUT2D eigenvalue weighted by Crippen LogP contribution is -2.29. The summed E-state index contributed by atoms with van der Waals surface area (Å²) < 4.78 is 33.6. The quantitative estimate of drug-likeness (QED) is 0.824. The molecule has 116 valence electrons. The molecule has 0 atom stereocenters. The maximum Gasteiger partial charge on any atom is 0.166 e. The summed E-state index contributed by atoms with van der Waals surface area (Å²) in [6, 6.07) is 11.0. The fraction of sp³-hybridized carbons (Fsp3) is 0.333. The molecule has 22 heavy (non-hydrogen) atoms. The van der Waals surface area contributed by atoms with E-state index in [1.54, 1.807) is 18.2 Å². The Bertz CT molecular complexity index is 651. The van der Waals surface area contributed by atoms with Crippen molar-refractivity contribution >= 4 is 0 Å². The van der Waals surface area contributed by atoms with E-state index in [0.717, 1.165) is 31.5 Å². The van der Waals surface area contributed by atoms with Crippen LogP contribution in [0.2, 0.25) is 0 Å². The molecule has 0 saturated carbocycles. The van der Waals surface area contributed by atoms with E-state index >= 15 is 0 Å². The van der Waals surface area contributed by atoms with Crippen molar-refractivity contribution in [2.75, 3.05) is 20.1 Å². The molecule has 0 aliphatic carbocycles. The van der Waals surface area contributed by atoms with Crippen LogP contribution in [0.1, 0.15) is 24.3 Å². The molecule has 2 aromatic carbocycles. The van der Waals surface area contributed by atoms with Gasteiger partial charge in [0.15, 0.2) is 23.1 Å². The molecule has 1 saturated heterocycles. The number of rotatable bonds is 3. The van der Waals surface area contributed by atoms with E-state index in [9.17, 15) is 8.78 Å². The summed E-state index contributed by atoms with van der Waals surface area (Å²) >= 11 is 0. The SMILES string of the molecule is CN1CCC(c2cccc(F)c2Oc2ccccc2F)CC1. The van der Waals surface area contributed by atoms with Crippen LogP contribution in [0.5, 0.6) is 11.5 Å². The van der Waals surface area contributed by atoms with Crippen molar-refractivity contribution in [3.05, 3.63) is 59.7 Å². The number of nitrogens with zero attached hydrogens (tertiary/aromatic N) is 1. The number of piperidine rings is 1. The van der Waals surface area contributed by atoms with Gasteiger partial charge >= 0.3 is 0 Å². The number of benzene rings is 2. The van der Waals surface area contributed by atoms with Gasteiger partial charge in [0.25, 0.3) is 0 Å². The normalized spacial score (nSPS) is 16.7. The van der Waals surface area contributed by atoms with Crippen LogP contribution in [0, 0.1) is 11.6 Å². The third-order valence-electron chi connectivity index (χ3n) is 4.20. The largest absolute Gasteiger partial charge is 0.451 e. The van der Waals surface area contributed by atoms with Gasteiger partial charge in [0.2, 0.25) is 0 Å². The van der Waals surface area contributed by atoms with E-state index in [1.807, 2.05) is 6.07 Å². The monoisotopic (exact) mass is 303 g/mol. The maximum absolute atomic E-state index is 14.2. The Balaban J connectivity index is 1.92. The van der Waals surface area contributed by atoms with Gasteiger partial charge < -0.3 is 9.64 Å². The summed E-state index contributed by atoms with van der Waals surface area (Å²) in [5.41, 5.74) is 0.830. The molecule has 1 heterocycles. The van der Waals surface area contributed by atoms with Crippen LogP contribution in [-0.2, 0) is 0 Å². The minimum absolute atomic E-state index is 0.0572. The van der Waals surface area contributed by atoms with Crippen molar-refractivity contribution in [2.24, 2.45) is 0 Å². The van der Waals surface area contributed by atoms with Gasteiger partial charge in [0, 0.05) is 5.56 Å². The zero-order valence-corrected chi connectivity index (χ0v) is 12.6. The summed E-state index contributed by atoms with van der Waals surface area (Å²) in [5.74, 6) is -0.475. The average molecular weight is 303 g/mol. The smallest absolute Gasteiger partial charge is 0.166 e. The van der Waals surface area contributed by atoms with E-state index in [1.165, 1.54) is 18.2 Å². The molecule has 4 heteroatoms. The predicted molar refractivity (Wildman–Crippen MR) is 82.3 cm³/mol. The van der Waals surface area contributed by atoms with Crippen molar-refractivity contribution < 1.29 is 13.5 Å². The van der Waals surface area contributed by atoms with E-state index in [4.69, 9.17) is 4.74 Å². The van der Waals surface area contributed by atoms with Crippen LogP contribution in [0.15, 0.2) is 42.5 Å². The molecule has 0 aromatic heterocycles. The highest BCUT2D eigenvalue weighted by atomic mass is 19.1. The van der Waals surface area contributed by atoms with E-state index < -0.39 is 11.6 Å². The number of halogens is 2. The number of para-hydroxylation sites is 2. The Morgan fingerprint density at radius 2 is 1.64 bits per heavy atom. The molecule has 0 N–H and O–H groups in total. The van der Waals surface area contributed by atoms with Crippen LogP contribution in [0.25, 0.3) is 0 Å². The summed E-state index contributed by atoms with van der Waals surface area (Å²) in [5, 5.41) is 0. The van der Waals surface area contributed by atoms with Gasteiger partial charge in [-0.2, -0.15) is 0 Å². The molecule has 0 unspecified atom stereocenters. The Hall–Kier alpha value is -1.94. The molecular weight excluding hydrogens is 284 g/mol. The van der Waals surface area contributed by atoms with Crippen molar-refractivity contribution in [1.29, 1.82) is 0 Å². The highest BCUT2D eigenvalue weighted by Gasteiger charge is 2.24. The Kier molecular flexibility index (Phi) is 4.39. The lowest BCUT2D eigenvalue weighted by Gasteiger charge is -2.30. The topological polar surface area (TPSA) is 12.5 Å². The second-order valence-electron chi connectivity index (χ2n) is 5.77. The van der Waals surface area contributed by atoms with Crippen LogP contribution in [0.4, 0.5) is 8.78 Å². The molecule has 1 fully saturated rings. The number of likely N-dealkylation sites (tertiary alicyclic amines) is 1. The Morgan fingerprint density at radius 1 is 0.955 bits per heavy atom. The number of hydrogen-bond donors (Lipinski definition) is 0. The first-order valence-electron chi connectivity index (χ1n) is 7.54. The maximum atomic E-state index is 14.2. The summed E-state index contributed by atoms with van der Waals surface area (Å²) in [6.45, 7) is 1.95. The lowest BCUT2D eigenvalue weighted by molar-refractivity contribution is 0.252.